The molecule has 3 fully saturated rings. The van der Waals surface area contributed by atoms with Gasteiger partial charge in [0.25, 0.3) is 0 Å². The van der Waals surface area contributed by atoms with Gasteiger partial charge in [0.2, 0.25) is 15.9 Å². The average molecular weight is 367 g/mol. The fraction of sp³-hybridized carbons (Fsp3) is 0.750. The maximum absolute atomic E-state index is 12.7. The quantitative estimate of drug-likeness (QED) is 0.744. The standard InChI is InChI=1S/C16H25N5O3S/c1-20-8-3-13(19-20)11-9-12(11)15(22)18-14-10-25(23,24)21(2)16(14)4-6-17-7-5-16/h3,8,11-12,14,17H,4-7,9-10H2,1-2H3,(H,18,22)/t11-,12-,14?/m1/s1. The Morgan fingerprint density at radius 1 is 1.36 bits per heavy atom. The molecule has 1 saturated carbocycles. The average Bonchev–Trinajstić information content (AvgIpc) is 3.24. The van der Waals surface area contributed by atoms with Crippen molar-refractivity contribution in [1.29, 1.82) is 0 Å². The molecule has 1 unspecified atom stereocenters. The molecular formula is C16H25N5O3S. The van der Waals surface area contributed by atoms with Crippen LogP contribution in [0.2, 0.25) is 0 Å². The van der Waals surface area contributed by atoms with Gasteiger partial charge in [-0.1, -0.05) is 0 Å². The number of aromatic nitrogens is 2. The number of aryl methyl sites for hydroxylation is 1. The van der Waals surface area contributed by atoms with Gasteiger partial charge in [0.1, 0.15) is 0 Å². The van der Waals surface area contributed by atoms with Crippen LogP contribution < -0.4 is 10.6 Å². The molecule has 2 aliphatic heterocycles. The smallest absolute Gasteiger partial charge is 0.224 e. The summed E-state index contributed by atoms with van der Waals surface area (Å²) < 4.78 is 28.1. The maximum atomic E-state index is 12.7. The molecule has 9 heteroatoms. The Balaban J connectivity index is 1.49. The van der Waals surface area contributed by atoms with Gasteiger partial charge in [-0.05, 0) is 38.4 Å². The minimum atomic E-state index is -3.32. The molecule has 3 atom stereocenters. The molecule has 3 aliphatic rings. The van der Waals surface area contributed by atoms with E-state index in [9.17, 15) is 13.2 Å². The summed E-state index contributed by atoms with van der Waals surface area (Å²) in [5.74, 6) is 0.0168. The third kappa shape index (κ3) is 2.78. The van der Waals surface area contributed by atoms with Gasteiger partial charge in [0.05, 0.1) is 23.0 Å². The zero-order chi connectivity index (χ0) is 17.8. The molecule has 1 aromatic heterocycles. The Bertz CT molecular complexity index is 783. The van der Waals surface area contributed by atoms with Crippen molar-refractivity contribution in [3.63, 3.8) is 0 Å². The number of carbonyl (C=O) groups is 1. The minimum absolute atomic E-state index is 0.00376. The van der Waals surface area contributed by atoms with Crippen molar-refractivity contribution in [3.8, 4) is 0 Å². The van der Waals surface area contributed by atoms with Crippen LogP contribution in [0, 0.1) is 5.92 Å². The van der Waals surface area contributed by atoms with Gasteiger partial charge in [-0.3, -0.25) is 9.48 Å². The molecular weight excluding hydrogens is 342 g/mol. The van der Waals surface area contributed by atoms with E-state index < -0.39 is 15.6 Å². The van der Waals surface area contributed by atoms with Gasteiger partial charge < -0.3 is 10.6 Å². The summed E-state index contributed by atoms with van der Waals surface area (Å²) in [5, 5.41) is 10.7. The summed E-state index contributed by atoms with van der Waals surface area (Å²) in [6, 6.07) is 1.60. The molecule has 1 spiro atoms. The van der Waals surface area contributed by atoms with Crippen LogP contribution in [-0.2, 0) is 21.9 Å². The predicted molar refractivity (Wildman–Crippen MR) is 92.4 cm³/mol. The molecule has 4 rings (SSSR count). The van der Waals surface area contributed by atoms with E-state index in [0.29, 0.717) is 0 Å². The lowest BCUT2D eigenvalue weighted by Crippen LogP contribution is -2.60. The summed E-state index contributed by atoms with van der Waals surface area (Å²) in [7, 11) is 0.195. The Morgan fingerprint density at radius 3 is 2.72 bits per heavy atom. The van der Waals surface area contributed by atoms with Gasteiger partial charge in [-0.2, -0.15) is 9.40 Å². The first-order valence-electron chi connectivity index (χ1n) is 8.81. The Morgan fingerprint density at radius 2 is 2.08 bits per heavy atom. The summed E-state index contributed by atoms with van der Waals surface area (Å²) in [6.07, 6.45) is 4.11. The number of hydrogen-bond donors (Lipinski definition) is 2. The van der Waals surface area contributed by atoms with Crippen molar-refractivity contribution in [2.24, 2.45) is 13.0 Å². The van der Waals surface area contributed by atoms with E-state index in [-0.39, 0.29) is 29.5 Å². The molecule has 2 saturated heterocycles. The second-order valence-electron chi connectivity index (χ2n) is 7.52. The summed E-state index contributed by atoms with van der Waals surface area (Å²) in [4.78, 5) is 12.7. The first-order valence-corrected chi connectivity index (χ1v) is 10.4. The van der Waals surface area contributed by atoms with E-state index in [2.05, 4.69) is 15.7 Å². The zero-order valence-electron chi connectivity index (χ0n) is 14.6. The molecule has 138 valence electrons. The Kier molecular flexibility index (Phi) is 3.93. The number of rotatable bonds is 3. The summed E-state index contributed by atoms with van der Waals surface area (Å²) >= 11 is 0. The predicted octanol–water partition coefficient (Wildman–Crippen LogP) is -0.594. The van der Waals surface area contributed by atoms with Gasteiger partial charge in [0, 0.05) is 32.1 Å². The van der Waals surface area contributed by atoms with Crippen molar-refractivity contribution < 1.29 is 13.2 Å². The Hall–Kier alpha value is -1.45. The fourth-order valence-corrected chi connectivity index (χ4v) is 6.30. The van der Waals surface area contributed by atoms with Crippen molar-refractivity contribution in [2.75, 3.05) is 25.9 Å². The van der Waals surface area contributed by atoms with Crippen molar-refractivity contribution in [2.45, 2.75) is 36.8 Å². The normalized spacial score (nSPS) is 33.4. The molecule has 2 N–H and O–H groups in total. The fourth-order valence-electron chi connectivity index (χ4n) is 4.39. The highest BCUT2D eigenvalue weighted by Gasteiger charge is 2.56. The molecule has 0 bridgehead atoms. The van der Waals surface area contributed by atoms with Crippen LogP contribution in [-0.4, -0.2) is 65.9 Å². The van der Waals surface area contributed by atoms with Crippen molar-refractivity contribution in [1.82, 2.24) is 24.7 Å². The lowest BCUT2D eigenvalue weighted by molar-refractivity contribution is -0.123. The number of sulfonamides is 1. The van der Waals surface area contributed by atoms with Crippen molar-refractivity contribution in [3.05, 3.63) is 18.0 Å². The highest BCUT2D eigenvalue weighted by Crippen LogP contribution is 2.47. The largest absolute Gasteiger partial charge is 0.350 e. The number of carbonyl (C=O) groups excluding carboxylic acids is 1. The molecule has 8 nitrogen and oxygen atoms in total. The van der Waals surface area contributed by atoms with Gasteiger partial charge in [-0.15, -0.1) is 0 Å². The minimum Gasteiger partial charge on any atom is -0.350 e. The van der Waals surface area contributed by atoms with Crippen LogP contribution in [0.5, 0.6) is 0 Å². The highest BCUT2D eigenvalue weighted by molar-refractivity contribution is 7.89. The van der Waals surface area contributed by atoms with E-state index in [1.807, 2.05) is 19.3 Å². The van der Waals surface area contributed by atoms with Gasteiger partial charge in [-0.25, -0.2) is 8.42 Å². The van der Waals surface area contributed by atoms with Crippen LogP contribution >= 0.6 is 0 Å². The van der Waals surface area contributed by atoms with E-state index in [0.717, 1.165) is 38.0 Å². The molecule has 1 aromatic rings. The van der Waals surface area contributed by atoms with E-state index in [1.54, 1.807) is 11.7 Å². The third-order valence-corrected chi connectivity index (χ3v) is 8.05. The van der Waals surface area contributed by atoms with Crippen LogP contribution in [0.25, 0.3) is 0 Å². The van der Waals surface area contributed by atoms with Crippen molar-refractivity contribution >= 4 is 15.9 Å². The molecule has 1 aliphatic carbocycles. The first kappa shape index (κ1) is 17.0. The van der Waals surface area contributed by atoms with Gasteiger partial charge >= 0.3 is 0 Å². The number of amides is 1. The molecule has 25 heavy (non-hydrogen) atoms. The van der Waals surface area contributed by atoms with E-state index in [1.165, 1.54) is 4.31 Å². The third-order valence-electron chi connectivity index (χ3n) is 6.10. The summed E-state index contributed by atoms with van der Waals surface area (Å²) in [6.45, 7) is 1.54. The monoisotopic (exact) mass is 367 g/mol. The molecule has 0 aromatic carbocycles. The number of nitrogens with one attached hydrogen (secondary N) is 2. The highest BCUT2D eigenvalue weighted by atomic mass is 32.2. The zero-order valence-corrected chi connectivity index (χ0v) is 15.4. The second kappa shape index (κ2) is 5.78. The van der Waals surface area contributed by atoms with Gasteiger partial charge in [0.15, 0.2) is 0 Å². The number of hydrogen-bond acceptors (Lipinski definition) is 5. The van der Waals surface area contributed by atoms with Crippen LogP contribution in [0.4, 0.5) is 0 Å². The van der Waals surface area contributed by atoms with E-state index in [4.69, 9.17) is 0 Å². The van der Waals surface area contributed by atoms with Crippen LogP contribution in [0.3, 0.4) is 0 Å². The molecule has 1 amide bonds. The topological polar surface area (TPSA) is 96.3 Å². The number of nitrogens with zero attached hydrogens (tertiary/aromatic N) is 3. The van der Waals surface area contributed by atoms with Crippen LogP contribution in [0.15, 0.2) is 12.3 Å². The SMILES string of the molecule is CN1C2(CCNCC2)C(NC(=O)[C@@H]2C[C@H]2c2ccn(C)n2)CS1(=O)=O. The maximum Gasteiger partial charge on any atom is 0.224 e. The van der Waals surface area contributed by atoms with E-state index >= 15 is 0 Å². The number of piperidine rings is 1. The lowest BCUT2D eigenvalue weighted by Gasteiger charge is -2.42. The Labute approximate surface area is 148 Å². The lowest BCUT2D eigenvalue weighted by atomic mass is 9.82. The summed E-state index contributed by atoms with van der Waals surface area (Å²) in [5.41, 5.74) is 0.449. The molecule has 3 heterocycles. The van der Waals surface area contributed by atoms with Crippen LogP contribution in [0.1, 0.15) is 30.9 Å². The molecule has 0 radical (unpaired) electrons. The first-order chi connectivity index (χ1) is 11.8. The second-order valence-corrected chi connectivity index (χ2v) is 9.57. The number of likely N-dealkylation sites (N-methyl/N-ethyl adjacent to an activating group) is 1.